The summed E-state index contributed by atoms with van der Waals surface area (Å²) < 4.78 is 39.9. The Labute approximate surface area is 176 Å². The number of carbonyl (C=O) groups is 1. The standard InChI is InChI=1S/C20H21F2N5O4/c1-11(19(23)29)24-12-2-3-14-16(6-12)31-5-4-26-7-17(25-20(14)26)27-13(8-28)9-30-10-15(27)18(21)22/h2-3,6-7,11,15,18,24H,4-5,9-10H2,1H3,(H2,23,29)/t11-,15-/m0/s1. The van der Waals surface area contributed by atoms with Crippen LogP contribution in [0.2, 0.25) is 0 Å². The zero-order valence-electron chi connectivity index (χ0n) is 16.7. The number of hydrogen-bond acceptors (Lipinski definition) is 7. The van der Waals surface area contributed by atoms with Gasteiger partial charge >= 0.3 is 0 Å². The molecule has 0 radical (unpaired) electrons. The minimum absolute atomic E-state index is 0.0266. The second kappa shape index (κ2) is 8.37. The highest BCUT2D eigenvalue weighted by atomic mass is 19.3. The smallest absolute Gasteiger partial charge is 0.261 e. The van der Waals surface area contributed by atoms with E-state index in [2.05, 4.69) is 10.3 Å². The first-order valence-corrected chi connectivity index (χ1v) is 9.68. The number of ether oxygens (including phenoxy) is 2. The second-order valence-electron chi connectivity index (χ2n) is 7.28. The maximum absolute atomic E-state index is 13.6. The van der Waals surface area contributed by atoms with Crippen molar-refractivity contribution in [3.63, 3.8) is 0 Å². The number of rotatable bonds is 5. The molecular weight excluding hydrogens is 412 g/mol. The SMILES string of the molecule is C[C@H](Nc1ccc2c(c1)OCCn1cc(N3C(=C=O)COC[C@H]3C(F)F)nc1-2)C(N)=O. The molecule has 0 spiro atoms. The number of imidazole rings is 1. The van der Waals surface area contributed by atoms with E-state index >= 15 is 0 Å². The van der Waals surface area contributed by atoms with Gasteiger partial charge in [-0.15, -0.1) is 0 Å². The van der Waals surface area contributed by atoms with Gasteiger partial charge in [-0.3, -0.25) is 4.79 Å². The number of fused-ring (bicyclic) bond motifs is 3. The predicted molar refractivity (Wildman–Crippen MR) is 108 cm³/mol. The largest absolute Gasteiger partial charge is 0.491 e. The number of primary amides is 1. The van der Waals surface area contributed by atoms with Crippen molar-refractivity contribution in [3.8, 4) is 17.1 Å². The number of anilines is 2. The number of benzene rings is 1. The lowest BCUT2D eigenvalue weighted by Gasteiger charge is -2.35. The van der Waals surface area contributed by atoms with Crippen LogP contribution < -0.4 is 20.7 Å². The molecular formula is C20H21F2N5O4. The maximum atomic E-state index is 13.6. The predicted octanol–water partition coefficient (Wildman–Crippen LogP) is 1.41. The van der Waals surface area contributed by atoms with Crippen molar-refractivity contribution in [1.82, 2.24) is 9.55 Å². The fourth-order valence-electron chi connectivity index (χ4n) is 3.59. The van der Waals surface area contributed by atoms with Crippen molar-refractivity contribution < 1.29 is 27.8 Å². The Hall–Kier alpha value is -3.43. The Kier molecular flexibility index (Phi) is 5.62. The van der Waals surface area contributed by atoms with Crippen LogP contribution in [0, 0.1) is 0 Å². The number of alkyl halides is 2. The Morgan fingerprint density at radius 1 is 1.42 bits per heavy atom. The summed E-state index contributed by atoms with van der Waals surface area (Å²) in [5, 5.41) is 2.99. The molecule has 1 aromatic heterocycles. The highest BCUT2D eigenvalue weighted by Crippen LogP contribution is 2.37. The van der Waals surface area contributed by atoms with Crippen molar-refractivity contribution in [2.24, 2.45) is 5.73 Å². The van der Waals surface area contributed by atoms with Gasteiger partial charge in [-0.05, 0) is 19.1 Å². The van der Waals surface area contributed by atoms with E-state index in [9.17, 15) is 18.4 Å². The van der Waals surface area contributed by atoms with Gasteiger partial charge in [0.2, 0.25) is 5.91 Å². The topological polar surface area (TPSA) is 112 Å². The maximum Gasteiger partial charge on any atom is 0.261 e. The summed E-state index contributed by atoms with van der Waals surface area (Å²) in [6.45, 7) is 2.07. The van der Waals surface area contributed by atoms with Crippen molar-refractivity contribution in [2.45, 2.75) is 32.0 Å². The highest BCUT2D eigenvalue weighted by Gasteiger charge is 2.37. The van der Waals surface area contributed by atoms with Gasteiger partial charge in [-0.2, -0.15) is 0 Å². The molecule has 0 aliphatic carbocycles. The van der Waals surface area contributed by atoms with Crippen LogP contribution in [0.25, 0.3) is 11.4 Å². The minimum Gasteiger partial charge on any atom is -0.491 e. The summed E-state index contributed by atoms with van der Waals surface area (Å²) >= 11 is 0. The number of nitrogens with zero attached hydrogens (tertiary/aromatic N) is 3. The lowest BCUT2D eigenvalue weighted by molar-refractivity contribution is -0.118. The van der Waals surface area contributed by atoms with E-state index in [1.54, 1.807) is 41.8 Å². The zero-order valence-corrected chi connectivity index (χ0v) is 16.7. The molecule has 31 heavy (non-hydrogen) atoms. The molecule has 2 atom stereocenters. The average molecular weight is 433 g/mol. The van der Waals surface area contributed by atoms with E-state index in [0.29, 0.717) is 36.0 Å². The summed E-state index contributed by atoms with van der Waals surface area (Å²) in [7, 11) is 0. The first-order chi connectivity index (χ1) is 14.9. The molecule has 2 aromatic rings. The molecule has 1 amide bonds. The lowest BCUT2D eigenvalue weighted by Crippen LogP contribution is -2.48. The van der Waals surface area contributed by atoms with E-state index in [-0.39, 0.29) is 24.7 Å². The summed E-state index contributed by atoms with van der Waals surface area (Å²) in [6, 6.07) is 3.34. The monoisotopic (exact) mass is 433 g/mol. The van der Waals surface area contributed by atoms with Gasteiger partial charge in [-0.25, -0.2) is 18.6 Å². The Morgan fingerprint density at radius 3 is 2.94 bits per heavy atom. The van der Waals surface area contributed by atoms with Gasteiger partial charge in [-0.1, -0.05) is 0 Å². The molecule has 0 bridgehead atoms. The van der Waals surface area contributed by atoms with Gasteiger partial charge in [0.1, 0.15) is 41.9 Å². The van der Waals surface area contributed by atoms with E-state index in [4.69, 9.17) is 15.2 Å². The normalized spacial score (nSPS) is 19.0. The van der Waals surface area contributed by atoms with E-state index in [0.717, 1.165) is 0 Å². The van der Waals surface area contributed by atoms with Crippen molar-refractivity contribution in [3.05, 3.63) is 30.1 Å². The van der Waals surface area contributed by atoms with E-state index in [1.807, 2.05) is 0 Å². The fraction of sp³-hybridized carbons (Fsp3) is 0.400. The van der Waals surface area contributed by atoms with Gasteiger partial charge in [0.25, 0.3) is 6.43 Å². The number of nitrogens with two attached hydrogens (primary N) is 1. The third kappa shape index (κ3) is 3.97. The lowest BCUT2D eigenvalue weighted by atomic mass is 10.1. The number of aromatic nitrogens is 2. The van der Waals surface area contributed by atoms with Crippen molar-refractivity contribution in [1.29, 1.82) is 0 Å². The Balaban J connectivity index is 1.72. The van der Waals surface area contributed by atoms with Gasteiger partial charge in [0, 0.05) is 18.0 Å². The van der Waals surface area contributed by atoms with Crippen LogP contribution in [-0.2, 0) is 20.9 Å². The molecule has 4 rings (SSSR count). The molecule has 2 aliphatic rings. The van der Waals surface area contributed by atoms with E-state index in [1.165, 1.54) is 4.90 Å². The van der Waals surface area contributed by atoms with Crippen molar-refractivity contribution >= 4 is 23.4 Å². The summed E-state index contributed by atoms with van der Waals surface area (Å²) in [5.74, 6) is 2.47. The minimum atomic E-state index is -2.73. The van der Waals surface area contributed by atoms with Gasteiger partial charge in [0.05, 0.1) is 25.3 Å². The number of amides is 1. The number of morpholine rings is 1. The number of nitrogens with one attached hydrogen (secondary N) is 1. The van der Waals surface area contributed by atoms with Crippen LogP contribution in [0.1, 0.15) is 6.92 Å². The van der Waals surface area contributed by atoms with Crippen LogP contribution in [-0.4, -0.2) is 59.7 Å². The molecule has 1 aromatic carbocycles. The summed E-state index contributed by atoms with van der Waals surface area (Å²) in [4.78, 5) is 28.4. The molecule has 1 fully saturated rings. The molecule has 2 aliphatic heterocycles. The first kappa shape index (κ1) is 20.8. The molecule has 0 saturated carbocycles. The molecule has 11 heteroatoms. The van der Waals surface area contributed by atoms with Crippen LogP contribution in [0.15, 0.2) is 30.1 Å². The van der Waals surface area contributed by atoms with Crippen molar-refractivity contribution in [2.75, 3.05) is 30.0 Å². The quantitative estimate of drug-likeness (QED) is 0.686. The molecule has 1 saturated heterocycles. The Morgan fingerprint density at radius 2 is 2.23 bits per heavy atom. The molecule has 164 valence electrons. The number of carbonyl (C=O) groups excluding carboxylic acids is 2. The highest BCUT2D eigenvalue weighted by molar-refractivity contribution is 5.83. The molecule has 9 nitrogen and oxygen atoms in total. The summed E-state index contributed by atoms with van der Waals surface area (Å²) in [5.41, 5.74) is 6.56. The fourth-order valence-corrected chi connectivity index (χ4v) is 3.59. The zero-order chi connectivity index (χ0) is 22.1. The van der Waals surface area contributed by atoms with Gasteiger partial charge < -0.3 is 30.0 Å². The number of halogens is 2. The van der Waals surface area contributed by atoms with Crippen LogP contribution in [0.5, 0.6) is 5.75 Å². The van der Waals surface area contributed by atoms with Crippen LogP contribution in [0.4, 0.5) is 20.3 Å². The van der Waals surface area contributed by atoms with Crippen LogP contribution >= 0.6 is 0 Å². The van der Waals surface area contributed by atoms with E-state index < -0.39 is 24.4 Å². The molecule has 3 N–H and O–H groups in total. The third-order valence-corrected chi connectivity index (χ3v) is 5.19. The Bertz CT molecular complexity index is 1050. The first-order valence-electron chi connectivity index (χ1n) is 9.68. The number of hydrogen-bond donors (Lipinski definition) is 2. The van der Waals surface area contributed by atoms with Crippen LogP contribution in [0.3, 0.4) is 0 Å². The summed E-state index contributed by atoms with van der Waals surface area (Å²) in [6.07, 6.45) is -1.12. The molecule has 0 unspecified atom stereocenters. The average Bonchev–Trinajstić information content (AvgIpc) is 3.09. The van der Waals surface area contributed by atoms with Gasteiger partial charge in [0.15, 0.2) is 5.82 Å². The molecule has 3 heterocycles. The second-order valence-corrected chi connectivity index (χ2v) is 7.28. The third-order valence-electron chi connectivity index (χ3n) is 5.19.